The second-order valence-corrected chi connectivity index (χ2v) is 5.79. The molecule has 19 heavy (non-hydrogen) atoms. The minimum absolute atomic E-state index is 0. The lowest BCUT2D eigenvalue weighted by Crippen LogP contribution is -2.37. The fourth-order valence-electron chi connectivity index (χ4n) is 3.09. The first-order chi connectivity index (χ1) is 8.83. The van der Waals surface area contributed by atoms with Gasteiger partial charge in [-0.1, -0.05) is 24.3 Å². The molecule has 0 spiro atoms. The zero-order valence-corrected chi connectivity index (χ0v) is 12.0. The number of nitrogens with one attached hydrogen (secondary N) is 1. The zero-order chi connectivity index (χ0) is 12.4. The summed E-state index contributed by atoms with van der Waals surface area (Å²) >= 11 is 0. The van der Waals surface area contributed by atoms with Gasteiger partial charge in [-0.05, 0) is 62.2 Å². The van der Waals surface area contributed by atoms with Crippen molar-refractivity contribution < 1.29 is 0 Å². The molecule has 1 aromatic rings. The molecule has 2 nitrogen and oxygen atoms in total. The highest BCUT2D eigenvalue weighted by Gasteiger charge is 2.34. The SMILES string of the molecule is Cl.N#CC1(Cc2ccccc2C2CC2)CCNCC1. The van der Waals surface area contributed by atoms with E-state index in [-0.39, 0.29) is 17.8 Å². The van der Waals surface area contributed by atoms with Crippen LogP contribution in [0.2, 0.25) is 0 Å². The van der Waals surface area contributed by atoms with Crippen molar-refractivity contribution in [1.29, 1.82) is 5.26 Å². The molecule has 0 atom stereocenters. The van der Waals surface area contributed by atoms with Crippen LogP contribution < -0.4 is 5.32 Å². The molecule has 0 bridgehead atoms. The lowest BCUT2D eigenvalue weighted by atomic mass is 9.74. The number of nitrogens with zero attached hydrogens (tertiary/aromatic N) is 1. The molecule has 2 aliphatic rings. The van der Waals surface area contributed by atoms with Gasteiger partial charge in [0.05, 0.1) is 11.5 Å². The number of hydrogen-bond donors (Lipinski definition) is 1. The number of benzene rings is 1. The molecule has 0 amide bonds. The summed E-state index contributed by atoms with van der Waals surface area (Å²) in [6.07, 6.45) is 5.58. The summed E-state index contributed by atoms with van der Waals surface area (Å²) in [5, 5.41) is 12.9. The standard InChI is InChI=1S/C16H20N2.ClH/c17-12-16(7-9-18-10-8-16)11-14-3-1-2-4-15(14)13-5-6-13;/h1-4,13,18H,5-11H2;1H. The minimum atomic E-state index is -0.129. The van der Waals surface area contributed by atoms with Crippen molar-refractivity contribution in [2.24, 2.45) is 5.41 Å². The molecule has 1 saturated carbocycles. The average Bonchev–Trinajstić information content (AvgIpc) is 3.25. The Kier molecular flexibility index (Phi) is 4.50. The van der Waals surface area contributed by atoms with Gasteiger partial charge in [-0.3, -0.25) is 0 Å². The Balaban J connectivity index is 0.00000133. The number of rotatable bonds is 3. The van der Waals surface area contributed by atoms with Gasteiger partial charge >= 0.3 is 0 Å². The van der Waals surface area contributed by atoms with Crippen molar-refractivity contribution in [3.8, 4) is 6.07 Å². The summed E-state index contributed by atoms with van der Waals surface area (Å²) in [7, 11) is 0. The van der Waals surface area contributed by atoms with Crippen LogP contribution in [0.3, 0.4) is 0 Å². The summed E-state index contributed by atoms with van der Waals surface area (Å²) in [5.74, 6) is 0.777. The molecule has 1 aliphatic carbocycles. The monoisotopic (exact) mass is 276 g/mol. The Morgan fingerprint density at radius 3 is 2.53 bits per heavy atom. The molecule has 3 rings (SSSR count). The quantitative estimate of drug-likeness (QED) is 0.918. The highest BCUT2D eigenvalue weighted by atomic mass is 35.5. The Hall–Kier alpha value is -1.04. The molecule has 0 aromatic heterocycles. The van der Waals surface area contributed by atoms with Crippen LogP contribution in [-0.4, -0.2) is 13.1 Å². The molecule has 1 aromatic carbocycles. The van der Waals surface area contributed by atoms with E-state index in [1.54, 1.807) is 0 Å². The van der Waals surface area contributed by atoms with Crippen LogP contribution in [0.15, 0.2) is 24.3 Å². The van der Waals surface area contributed by atoms with E-state index in [0.29, 0.717) is 0 Å². The topological polar surface area (TPSA) is 35.8 Å². The third kappa shape index (κ3) is 3.11. The smallest absolute Gasteiger partial charge is 0.0694 e. The zero-order valence-electron chi connectivity index (χ0n) is 11.2. The van der Waals surface area contributed by atoms with E-state index in [4.69, 9.17) is 0 Å². The Labute approximate surface area is 121 Å². The summed E-state index contributed by atoms with van der Waals surface area (Å²) in [4.78, 5) is 0. The second kappa shape index (κ2) is 5.94. The lowest BCUT2D eigenvalue weighted by Gasteiger charge is -2.32. The van der Waals surface area contributed by atoms with Crippen LogP contribution >= 0.6 is 12.4 Å². The van der Waals surface area contributed by atoms with Crippen LogP contribution in [0.4, 0.5) is 0 Å². The van der Waals surface area contributed by atoms with Gasteiger partial charge in [0.25, 0.3) is 0 Å². The highest BCUT2D eigenvalue weighted by molar-refractivity contribution is 5.85. The van der Waals surface area contributed by atoms with E-state index in [9.17, 15) is 5.26 Å². The van der Waals surface area contributed by atoms with E-state index < -0.39 is 0 Å². The summed E-state index contributed by atoms with van der Waals surface area (Å²) in [6, 6.07) is 11.4. The van der Waals surface area contributed by atoms with Crippen molar-refractivity contribution in [3.05, 3.63) is 35.4 Å². The van der Waals surface area contributed by atoms with Crippen LogP contribution in [0.1, 0.15) is 42.7 Å². The van der Waals surface area contributed by atoms with Crippen LogP contribution in [0, 0.1) is 16.7 Å². The fourth-order valence-corrected chi connectivity index (χ4v) is 3.09. The molecule has 102 valence electrons. The largest absolute Gasteiger partial charge is 0.317 e. The molecular weight excluding hydrogens is 256 g/mol. The first-order valence-electron chi connectivity index (χ1n) is 7.03. The Morgan fingerprint density at radius 2 is 1.89 bits per heavy atom. The Morgan fingerprint density at radius 1 is 1.21 bits per heavy atom. The number of piperidine rings is 1. The van der Waals surface area contributed by atoms with Gasteiger partial charge < -0.3 is 5.32 Å². The van der Waals surface area contributed by atoms with Gasteiger partial charge in [0.15, 0.2) is 0 Å². The normalized spacial score (nSPS) is 21.2. The first kappa shape index (κ1) is 14.4. The van der Waals surface area contributed by atoms with Crippen molar-refractivity contribution in [2.75, 3.05) is 13.1 Å². The van der Waals surface area contributed by atoms with Crippen LogP contribution in [0.25, 0.3) is 0 Å². The van der Waals surface area contributed by atoms with Gasteiger partial charge in [-0.25, -0.2) is 0 Å². The van der Waals surface area contributed by atoms with Gasteiger partial charge in [0.1, 0.15) is 0 Å². The van der Waals surface area contributed by atoms with Crippen molar-refractivity contribution in [2.45, 2.75) is 38.0 Å². The van der Waals surface area contributed by atoms with Gasteiger partial charge in [-0.2, -0.15) is 5.26 Å². The van der Waals surface area contributed by atoms with Crippen LogP contribution in [0.5, 0.6) is 0 Å². The van der Waals surface area contributed by atoms with Crippen LogP contribution in [-0.2, 0) is 6.42 Å². The Bertz CT molecular complexity index is 468. The van der Waals surface area contributed by atoms with E-state index in [1.165, 1.54) is 24.0 Å². The number of nitriles is 1. The molecule has 1 N–H and O–H groups in total. The lowest BCUT2D eigenvalue weighted by molar-refractivity contribution is 0.280. The predicted molar refractivity (Wildman–Crippen MR) is 79.5 cm³/mol. The molecule has 0 radical (unpaired) electrons. The maximum Gasteiger partial charge on any atom is 0.0694 e. The molecule has 3 heteroatoms. The highest BCUT2D eigenvalue weighted by Crippen LogP contribution is 2.43. The van der Waals surface area contributed by atoms with Crippen molar-refractivity contribution >= 4 is 12.4 Å². The summed E-state index contributed by atoms with van der Waals surface area (Å²) < 4.78 is 0. The molecular formula is C16H21ClN2. The molecule has 2 fully saturated rings. The van der Waals surface area contributed by atoms with E-state index in [1.807, 2.05) is 0 Å². The van der Waals surface area contributed by atoms with Crippen molar-refractivity contribution in [3.63, 3.8) is 0 Å². The average molecular weight is 277 g/mol. The third-order valence-electron chi connectivity index (χ3n) is 4.40. The number of hydrogen-bond acceptors (Lipinski definition) is 2. The molecule has 0 unspecified atom stereocenters. The maximum absolute atomic E-state index is 9.57. The summed E-state index contributed by atoms with van der Waals surface area (Å²) in [5.41, 5.74) is 2.80. The van der Waals surface area contributed by atoms with Crippen molar-refractivity contribution in [1.82, 2.24) is 5.32 Å². The maximum atomic E-state index is 9.57. The van der Waals surface area contributed by atoms with Gasteiger partial charge in [0, 0.05) is 0 Å². The first-order valence-corrected chi connectivity index (χ1v) is 7.03. The number of halogens is 1. The predicted octanol–water partition coefficient (Wildman–Crippen LogP) is 3.42. The van der Waals surface area contributed by atoms with Gasteiger partial charge in [-0.15, -0.1) is 12.4 Å². The van der Waals surface area contributed by atoms with E-state index >= 15 is 0 Å². The second-order valence-electron chi connectivity index (χ2n) is 5.79. The van der Waals surface area contributed by atoms with E-state index in [0.717, 1.165) is 38.3 Å². The molecule has 1 heterocycles. The van der Waals surface area contributed by atoms with Gasteiger partial charge in [0.2, 0.25) is 0 Å². The summed E-state index contributed by atoms with van der Waals surface area (Å²) in [6.45, 7) is 1.97. The van der Waals surface area contributed by atoms with E-state index in [2.05, 4.69) is 35.7 Å². The molecule has 1 saturated heterocycles. The third-order valence-corrected chi connectivity index (χ3v) is 4.40. The minimum Gasteiger partial charge on any atom is -0.317 e. The fraction of sp³-hybridized carbons (Fsp3) is 0.562. The molecule has 1 aliphatic heterocycles.